The average molecular weight is 355 g/mol. The first-order valence-electron chi connectivity index (χ1n) is 8.53. The first kappa shape index (κ1) is 16.1. The Kier molecular flexibility index (Phi) is 4.21. The number of aryl methyl sites for hydroxylation is 1. The highest BCUT2D eigenvalue weighted by atomic mass is 32.1. The van der Waals surface area contributed by atoms with Crippen LogP contribution in [-0.2, 0) is 7.05 Å². The maximum Gasteiger partial charge on any atom is 0.271 e. The summed E-state index contributed by atoms with van der Waals surface area (Å²) in [6.07, 6.45) is 4.99. The number of fused-ring (bicyclic) bond motifs is 1. The number of carbonyl (C=O) groups is 1. The summed E-state index contributed by atoms with van der Waals surface area (Å²) in [5.41, 5.74) is 1.75. The Labute approximate surface area is 150 Å². The van der Waals surface area contributed by atoms with Crippen LogP contribution in [0.5, 0.6) is 5.75 Å². The van der Waals surface area contributed by atoms with Crippen LogP contribution in [0, 0.1) is 0 Å². The Balaban J connectivity index is 1.71. The molecule has 25 heavy (non-hydrogen) atoms. The van der Waals surface area contributed by atoms with Crippen molar-refractivity contribution >= 4 is 28.1 Å². The van der Waals surface area contributed by atoms with Gasteiger partial charge in [-0.25, -0.2) is 4.98 Å². The summed E-state index contributed by atoms with van der Waals surface area (Å²) in [4.78, 5) is 19.8. The number of likely N-dealkylation sites (tertiary alicyclic amines) is 1. The van der Waals surface area contributed by atoms with Crippen molar-refractivity contribution in [3.8, 4) is 5.75 Å². The lowest BCUT2D eigenvalue weighted by Crippen LogP contribution is -2.39. The second-order valence-corrected chi connectivity index (χ2v) is 7.32. The maximum atomic E-state index is 13.3. The van der Waals surface area contributed by atoms with Gasteiger partial charge in [-0.1, -0.05) is 0 Å². The summed E-state index contributed by atoms with van der Waals surface area (Å²) in [7, 11) is 3.60. The zero-order valence-corrected chi connectivity index (χ0v) is 15.3. The van der Waals surface area contributed by atoms with Crippen molar-refractivity contribution in [1.82, 2.24) is 14.5 Å². The predicted molar refractivity (Wildman–Crippen MR) is 99.2 cm³/mol. The van der Waals surface area contributed by atoms with Gasteiger partial charge < -0.3 is 14.2 Å². The molecule has 0 radical (unpaired) electrons. The molecule has 1 fully saturated rings. The summed E-state index contributed by atoms with van der Waals surface area (Å²) in [5, 5.41) is 4.04. The van der Waals surface area contributed by atoms with Gasteiger partial charge in [0.2, 0.25) is 0 Å². The van der Waals surface area contributed by atoms with Gasteiger partial charge in [0.15, 0.2) is 0 Å². The van der Waals surface area contributed by atoms with Gasteiger partial charge in [0.1, 0.15) is 16.5 Å². The third kappa shape index (κ3) is 2.80. The normalized spacial score (nSPS) is 17.8. The summed E-state index contributed by atoms with van der Waals surface area (Å²) in [6, 6.07) is 7.96. The van der Waals surface area contributed by atoms with E-state index in [9.17, 15) is 4.79 Å². The van der Waals surface area contributed by atoms with E-state index >= 15 is 0 Å². The Hall–Kier alpha value is -2.34. The number of rotatable bonds is 3. The number of carbonyl (C=O) groups excluding carboxylic acids is 1. The van der Waals surface area contributed by atoms with Gasteiger partial charge in [0.05, 0.1) is 13.2 Å². The van der Waals surface area contributed by atoms with Gasteiger partial charge in [-0.15, -0.1) is 11.3 Å². The van der Waals surface area contributed by atoms with Crippen LogP contribution in [0.3, 0.4) is 0 Å². The van der Waals surface area contributed by atoms with E-state index in [0.717, 1.165) is 47.5 Å². The molecule has 1 aliphatic rings. The maximum absolute atomic E-state index is 13.3. The van der Waals surface area contributed by atoms with E-state index in [1.54, 1.807) is 18.4 Å². The molecule has 5 nitrogen and oxygen atoms in total. The molecule has 0 N–H and O–H groups in total. The predicted octanol–water partition coefficient (Wildman–Crippen LogP) is 4.01. The molecule has 0 bridgehead atoms. The fourth-order valence-corrected chi connectivity index (χ4v) is 4.42. The summed E-state index contributed by atoms with van der Waals surface area (Å²) >= 11 is 1.63. The molecule has 1 amide bonds. The van der Waals surface area contributed by atoms with Crippen molar-refractivity contribution in [3.05, 3.63) is 46.5 Å². The molecule has 0 saturated carbocycles. The molecule has 1 aromatic carbocycles. The lowest BCUT2D eigenvalue weighted by molar-refractivity contribution is 0.0602. The third-order valence-corrected chi connectivity index (χ3v) is 5.85. The van der Waals surface area contributed by atoms with Crippen molar-refractivity contribution < 1.29 is 9.53 Å². The van der Waals surface area contributed by atoms with Crippen LogP contribution in [0.1, 0.15) is 40.8 Å². The minimum atomic E-state index is 0.0811. The fourth-order valence-electron chi connectivity index (χ4n) is 3.64. The summed E-state index contributed by atoms with van der Waals surface area (Å²) < 4.78 is 7.28. The minimum Gasteiger partial charge on any atom is -0.497 e. The van der Waals surface area contributed by atoms with Crippen molar-refractivity contribution in [2.45, 2.75) is 25.3 Å². The quantitative estimate of drug-likeness (QED) is 0.713. The monoisotopic (exact) mass is 355 g/mol. The standard InChI is InChI=1S/C19H21N3O2S/c1-21-15-7-6-14(24-2)11-13(15)12-17(21)19(23)22-9-4-3-5-16(22)18-20-8-10-25-18/h6-8,10-12,16H,3-5,9H2,1-2H3. The average Bonchev–Trinajstić information content (AvgIpc) is 3.29. The lowest BCUT2D eigenvalue weighted by atomic mass is 10.0. The number of hydrogen-bond acceptors (Lipinski definition) is 4. The molecule has 1 saturated heterocycles. The largest absolute Gasteiger partial charge is 0.497 e. The second kappa shape index (κ2) is 6.52. The molecule has 6 heteroatoms. The zero-order valence-electron chi connectivity index (χ0n) is 14.4. The van der Waals surface area contributed by atoms with E-state index < -0.39 is 0 Å². The first-order valence-corrected chi connectivity index (χ1v) is 9.41. The van der Waals surface area contributed by atoms with E-state index in [1.165, 1.54) is 0 Å². The number of amides is 1. The SMILES string of the molecule is COc1ccc2c(c1)cc(C(=O)N1CCCCC1c1nccs1)n2C. The fraction of sp³-hybridized carbons (Fsp3) is 0.368. The Morgan fingerprint density at radius 1 is 1.32 bits per heavy atom. The molecule has 0 aliphatic carbocycles. The number of ether oxygens (including phenoxy) is 1. The number of methoxy groups -OCH3 is 1. The zero-order chi connectivity index (χ0) is 17.4. The molecule has 2 aromatic heterocycles. The van der Waals surface area contributed by atoms with Crippen molar-refractivity contribution in [2.75, 3.05) is 13.7 Å². The molecule has 1 atom stereocenters. The molecule has 3 heterocycles. The van der Waals surface area contributed by atoms with Crippen molar-refractivity contribution in [3.63, 3.8) is 0 Å². The van der Waals surface area contributed by atoms with E-state index in [0.29, 0.717) is 5.69 Å². The molecular formula is C19H21N3O2S. The van der Waals surface area contributed by atoms with Gasteiger partial charge in [0, 0.05) is 36.1 Å². The Bertz CT molecular complexity index is 901. The minimum absolute atomic E-state index is 0.0811. The van der Waals surface area contributed by atoms with Crippen LogP contribution < -0.4 is 4.74 Å². The molecule has 4 rings (SSSR count). The van der Waals surface area contributed by atoms with Gasteiger partial charge in [-0.05, 0) is 43.5 Å². The number of piperidine rings is 1. The number of hydrogen-bond donors (Lipinski definition) is 0. The van der Waals surface area contributed by atoms with Crippen LogP contribution in [0.2, 0.25) is 0 Å². The molecule has 130 valence electrons. The van der Waals surface area contributed by atoms with Crippen LogP contribution in [0.15, 0.2) is 35.8 Å². The van der Waals surface area contributed by atoms with Crippen LogP contribution in [-0.4, -0.2) is 34.0 Å². The van der Waals surface area contributed by atoms with Crippen molar-refractivity contribution in [1.29, 1.82) is 0 Å². The lowest BCUT2D eigenvalue weighted by Gasteiger charge is -2.34. The van der Waals surface area contributed by atoms with Crippen molar-refractivity contribution in [2.24, 2.45) is 7.05 Å². The molecular weight excluding hydrogens is 334 g/mol. The van der Waals surface area contributed by atoms with E-state index in [4.69, 9.17) is 4.74 Å². The van der Waals surface area contributed by atoms with Gasteiger partial charge in [-0.2, -0.15) is 0 Å². The van der Waals surface area contributed by atoms with E-state index in [1.807, 2.05) is 52.4 Å². The molecule has 0 spiro atoms. The number of thiazole rings is 1. The van der Waals surface area contributed by atoms with E-state index in [2.05, 4.69) is 4.98 Å². The second-order valence-electron chi connectivity index (χ2n) is 6.39. The van der Waals surface area contributed by atoms with Crippen LogP contribution >= 0.6 is 11.3 Å². The van der Waals surface area contributed by atoms with Gasteiger partial charge >= 0.3 is 0 Å². The third-order valence-electron chi connectivity index (χ3n) is 4.97. The van der Waals surface area contributed by atoms with Gasteiger partial charge in [-0.3, -0.25) is 4.79 Å². The number of aromatic nitrogens is 2. The van der Waals surface area contributed by atoms with E-state index in [-0.39, 0.29) is 11.9 Å². The topological polar surface area (TPSA) is 47.4 Å². The highest BCUT2D eigenvalue weighted by Crippen LogP contribution is 2.34. The van der Waals surface area contributed by atoms with Crippen LogP contribution in [0.25, 0.3) is 10.9 Å². The number of benzene rings is 1. The van der Waals surface area contributed by atoms with Gasteiger partial charge in [0.25, 0.3) is 5.91 Å². The smallest absolute Gasteiger partial charge is 0.271 e. The summed E-state index contributed by atoms with van der Waals surface area (Å²) in [6.45, 7) is 0.786. The Morgan fingerprint density at radius 3 is 2.96 bits per heavy atom. The first-order chi connectivity index (χ1) is 12.2. The molecule has 1 unspecified atom stereocenters. The Morgan fingerprint density at radius 2 is 2.20 bits per heavy atom. The summed E-state index contributed by atoms with van der Waals surface area (Å²) in [5.74, 6) is 0.883. The highest BCUT2D eigenvalue weighted by molar-refractivity contribution is 7.09. The highest BCUT2D eigenvalue weighted by Gasteiger charge is 2.31. The molecule has 3 aromatic rings. The van der Waals surface area contributed by atoms with Crippen LogP contribution in [0.4, 0.5) is 0 Å². The number of nitrogens with zero attached hydrogens (tertiary/aromatic N) is 3. The molecule has 1 aliphatic heterocycles.